The van der Waals surface area contributed by atoms with E-state index < -0.39 is 17.8 Å². The molecule has 1 aromatic carbocycles. The van der Waals surface area contributed by atoms with Crippen molar-refractivity contribution in [2.24, 2.45) is 0 Å². The first-order valence-corrected chi connectivity index (χ1v) is 7.38. The normalized spacial score (nSPS) is 12.2. The molecule has 0 bridgehead atoms. The second-order valence-electron chi connectivity index (χ2n) is 5.06. The summed E-state index contributed by atoms with van der Waals surface area (Å²) in [5.74, 6) is -0.306. The highest BCUT2D eigenvalue weighted by atomic mass is 35.5. The molecule has 124 valence electrons. The lowest BCUT2D eigenvalue weighted by atomic mass is 10.1. The van der Waals surface area contributed by atoms with Crippen LogP contribution in [0.2, 0.25) is 5.02 Å². The van der Waals surface area contributed by atoms with E-state index in [9.17, 15) is 14.3 Å². The Bertz CT molecular complexity index is 688. The molecule has 0 aliphatic heterocycles. The molecule has 1 heterocycles. The number of carbonyl (C=O) groups excluding carboxylic acids is 1. The molecule has 1 aromatic heterocycles. The Kier molecular flexibility index (Phi) is 5.76. The molecular weight excluding hydrogens is 325 g/mol. The summed E-state index contributed by atoms with van der Waals surface area (Å²) in [6, 6.07) is 7.12. The number of rotatable bonds is 6. The summed E-state index contributed by atoms with van der Waals surface area (Å²) in [6.07, 6.45) is -1.69. The number of halogens is 2. The number of aliphatic hydroxyl groups is 2. The smallest absolute Gasteiger partial charge is 0.256 e. The lowest BCUT2D eigenvalue weighted by molar-refractivity contribution is -0.142. The van der Waals surface area contributed by atoms with Crippen LogP contribution in [0.25, 0.3) is 0 Å². The van der Waals surface area contributed by atoms with E-state index in [0.29, 0.717) is 11.5 Å². The zero-order chi connectivity index (χ0) is 17.0. The Morgan fingerprint density at radius 2 is 2.13 bits per heavy atom. The zero-order valence-electron chi connectivity index (χ0n) is 12.5. The molecule has 7 heteroatoms. The second kappa shape index (κ2) is 7.59. The topological polar surface area (TPSA) is 73.9 Å². The van der Waals surface area contributed by atoms with E-state index >= 15 is 0 Å². The molecular formula is C16H17ClFNO4. The van der Waals surface area contributed by atoms with Crippen molar-refractivity contribution in [3.63, 3.8) is 0 Å². The van der Waals surface area contributed by atoms with E-state index in [1.807, 2.05) is 0 Å². The van der Waals surface area contributed by atoms with Gasteiger partial charge in [0.25, 0.3) is 5.91 Å². The maximum absolute atomic E-state index is 13.9. The molecule has 2 aromatic rings. The Morgan fingerprint density at radius 1 is 1.39 bits per heavy atom. The van der Waals surface area contributed by atoms with Crippen molar-refractivity contribution in [3.8, 4) is 0 Å². The third-order valence-electron chi connectivity index (χ3n) is 3.32. The molecule has 1 amide bonds. The lowest BCUT2D eigenvalue weighted by Crippen LogP contribution is -2.37. The zero-order valence-corrected chi connectivity index (χ0v) is 13.3. The Balaban J connectivity index is 2.18. The molecule has 0 aliphatic rings. The Labute approximate surface area is 137 Å². The van der Waals surface area contributed by atoms with E-state index in [0.717, 1.165) is 6.07 Å². The van der Waals surface area contributed by atoms with Gasteiger partial charge in [-0.1, -0.05) is 17.7 Å². The number of hydrogen-bond acceptors (Lipinski definition) is 4. The fourth-order valence-electron chi connectivity index (χ4n) is 2.18. The number of aliphatic hydroxyl groups excluding tert-OH is 2. The minimum atomic E-state index is -1.69. The predicted octanol–water partition coefficient (Wildman–Crippen LogP) is 2.44. The molecule has 2 rings (SSSR count). The van der Waals surface area contributed by atoms with Gasteiger partial charge in [0.2, 0.25) is 0 Å². The summed E-state index contributed by atoms with van der Waals surface area (Å²) in [4.78, 5) is 13.6. The average Bonchev–Trinajstić information content (AvgIpc) is 2.90. The minimum absolute atomic E-state index is 0.00908. The van der Waals surface area contributed by atoms with Crippen molar-refractivity contribution in [1.29, 1.82) is 0 Å². The van der Waals surface area contributed by atoms with Crippen LogP contribution in [-0.2, 0) is 11.3 Å². The molecule has 23 heavy (non-hydrogen) atoms. The number of amides is 1. The van der Waals surface area contributed by atoms with Gasteiger partial charge in [0, 0.05) is 17.1 Å². The van der Waals surface area contributed by atoms with Gasteiger partial charge in [-0.2, -0.15) is 0 Å². The van der Waals surface area contributed by atoms with Gasteiger partial charge in [-0.05, 0) is 31.2 Å². The van der Waals surface area contributed by atoms with Gasteiger partial charge >= 0.3 is 0 Å². The fraction of sp³-hybridized carbons (Fsp3) is 0.312. The molecule has 2 N–H and O–H groups in total. The lowest BCUT2D eigenvalue weighted by Gasteiger charge is -2.24. The summed E-state index contributed by atoms with van der Waals surface area (Å²) >= 11 is 5.66. The molecule has 0 fully saturated rings. The minimum Gasteiger partial charge on any atom is -0.464 e. The molecule has 0 saturated carbocycles. The van der Waals surface area contributed by atoms with Crippen molar-refractivity contribution in [2.45, 2.75) is 19.6 Å². The van der Waals surface area contributed by atoms with E-state index in [4.69, 9.17) is 21.1 Å². The van der Waals surface area contributed by atoms with Gasteiger partial charge in [-0.3, -0.25) is 4.79 Å². The SMILES string of the molecule is Cc1ccc(CN(CCO)C(=O)C(O)c2ccc(Cl)cc2F)o1. The van der Waals surface area contributed by atoms with Gasteiger partial charge in [-0.25, -0.2) is 4.39 Å². The predicted molar refractivity (Wildman–Crippen MR) is 82.3 cm³/mol. The number of furan rings is 1. The molecule has 0 saturated heterocycles. The number of aryl methyl sites for hydroxylation is 1. The van der Waals surface area contributed by atoms with Crippen LogP contribution in [0.5, 0.6) is 0 Å². The molecule has 0 aliphatic carbocycles. The molecule has 0 radical (unpaired) electrons. The van der Waals surface area contributed by atoms with Gasteiger partial charge < -0.3 is 19.5 Å². The largest absolute Gasteiger partial charge is 0.464 e. The van der Waals surface area contributed by atoms with Gasteiger partial charge in [0.05, 0.1) is 13.2 Å². The van der Waals surface area contributed by atoms with Crippen molar-refractivity contribution in [1.82, 2.24) is 4.90 Å². The summed E-state index contributed by atoms with van der Waals surface area (Å²) in [6.45, 7) is 1.53. The Morgan fingerprint density at radius 3 is 2.70 bits per heavy atom. The van der Waals surface area contributed by atoms with Crippen molar-refractivity contribution in [3.05, 3.63) is 58.3 Å². The van der Waals surface area contributed by atoms with Crippen LogP contribution < -0.4 is 0 Å². The Hall–Kier alpha value is -1.89. The number of benzene rings is 1. The molecule has 0 spiro atoms. The first kappa shape index (κ1) is 17.5. The van der Waals surface area contributed by atoms with E-state index in [2.05, 4.69) is 0 Å². The van der Waals surface area contributed by atoms with E-state index in [-0.39, 0.29) is 30.3 Å². The first-order valence-electron chi connectivity index (χ1n) is 7.00. The van der Waals surface area contributed by atoms with E-state index in [1.165, 1.54) is 17.0 Å². The second-order valence-corrected chi connectivity index (χ2v) is 5.50. The van der Waals surface area contributed by atoms with Crippen molar-refractivity contribution in [2.75, 3.05) is 13.2 Å². The summed E-state index contributed by atoms with van der Waals surface area (Å²) in [7, 11) is 0. The van der Waals surface area contributed by atoms with Crippen LogP contribution in [0.1, 0.15) is 23.2 Å². The van der Waals surface area contributed by atoms with Crippen LogP contribution in [0.3, 0.4) is 0 Å². The van der Waals surface area contributed by atoms with Crippen LogP contribution >= 0.6 is 11.6 Å². The monoisotopic (exact) mass is 341 g/mol. The van der Waals surface area contributed by atoms with E-state index in [1.54, 1.807) is 19.1 Å². The average molecular weight is 342 g/mol. The highest BCUT2D eigenvalue weighted by Gasteiger charge is 2.26. The maximum atomic E-state index is 13.9. The molecule has 1 atom stereocenters. The van der Waals surface area contributed by atoms with Crippen molar-refractivity contribution >= 4 is 17.5 Å². The highest BCUT2D eigenvalue weighted by Crippen LogP contribution is 2.23. The highest BCUT2D eigenvalue weighted by molar-refractivity contribution is 6.30. The van der Waals surface area contributed by atoms with Crippen LogP contribution in [0.15, 0.2) is 34.7 Å². The third kappa shape index (κ3) is 4.31. The number of nitrogens with zero attached hydrogens (tertiary/aromatic N) is 1. The summed E-state index contributed by atoms with van der Waals surface area (Å²) in [5, 5.41) is 19.4. The summed E-state index contributed by atoms with van der Waals surface area (Å²) in [5.41, 5.74) is -0.169. The van der Waals surface area contributed by atoms with Crippen LogP contribution in [0, 0.1) is 12.7 Å². The van der Waals surface area contributed by atoms with Gasteiger partial charge in [0.1, 0.15) is 17.3 Å². The van der Waals surface area contributed by atoms with Gasteiger partial charge in [0.15, 0.2) is 6.10 Å². The maximum Gasteiger partial charge on any atom is 0.256 e. The standard InChI is InChI=1S/C16H17ClFNO4/c1-10-2-4-12(23-10)9-19(6-7-20)16(22)15(21)13-5-3-11(17)8-14(13)18/h2-5,8,15,20-21H,6-7,9H2,1H3. The number of carbonyl (C=O) groups is 1. The van der Waals surface area contributed by atoms with Crippen LogP contribution in [0.4, 0.5) is 4.39 Å². The molecule has 1 unspecified atom stereocenters. The third-order valence-corrected chi connectivity index (χ3v) is 3.55. The summed E-state index contributed by atoms with van der Waals surface area (Å²) < 4.78 is 19.2. The van der Waals surface area contributed by atoms with Gasteiger partial charge in [-0.15, -0.1) is 0 Å². The quantitative estimate of drug-likeness (QED) is 0.846. The van der Waals surface area contributed by atoms with Crippen LogP contribution in [-0.4, -0.2) is 34.2 Å². The number of hydrogen-bond donors (Lipinski definition) is 2. The van der Waals surface area contributed by atoms with Crippen molar-refractivity contribution < 1.29 is 23.8 Å². The fourth-order valence-corrected chi connectivity index (χ4v) is 2.33. The molecule has 5 nitrogen and oxygen atoms in total. The first-order chi connectivity index (χ1) is 10.9.